The molecule has 4 atom stereocenters. The molecule has 0 bridgehead atoms. The van der Waals surface area contributed by atoms with Crippen molar-refractivity contribution in [2.75, 3.05) is 0 Å². The van der Waals surface area contributed by atoms with Crippen LogP contribution < -0.4 is 12.4 Å². The van der Waals surface area contributed by atoms with Crippen molar-refractivity contribution in [2.24, 2.45) is 11.8 Å². The fourth-order valence-corrected chi connectivity index (χ4v) is 9.02. The molecule has 23 heavy (non-hydrogen) atoms. The van der Waals surface area contributed by atoms with Gasteiger partial charge in [-0.3, -0.25) is 0 Å². The third kappa shape index (κ3) is 3.19. The Morgan fingerprint density at radius 1 is 0.826 bits per heavy atom. The average molecular weight is 355 g/mol. The molecule has 2 saturated carbocycles. The number of fused-ring (bicyclic) bond motifs is 2. The van der Waals surface area contributed by atoms with Crippen molar-refractivity contribution in [3.8, 4) is 11.5 Å². The van der Waals surface area contributed by atoms with E-state index >= 15 is 0 Å². The largest absolute Gasteiger partial charge is 1.00 e. The summed E-state index contributed by atoms with van der Waals surface area (Å²) in [7, 11) is 0.127. The van der Waals surface area contributed by atoms with Gasteiger partial charge in [-0.25, -0.2) is 0 Å². The summed E-state index contributed by atoms with van der Waals surface area (Å²) in [5.41, 5.74) is 0. The fraction of sp³-hybridized carbons (Fsp3) is 0.684. The van der Waals surface area contributed by atoms with Gasteiger partial charge in [0.25, 0.3) is 0 Å². The topological polar surface area (TPSA) is 40.5 Å². The zero-order valence-corrected chi connectivity index (χ0v) is 15.2. The van der Waals surface area contributed by atoms with Gasteiger partial charge in [-0.15, -0.1) is 0 Å². The second-order valence-electron chi connectivity index (χ2n) is 7.43. The van der Waals surface area contributed by atoms with Crippen LogP contribution in [-0.2, 0) is 10.9 Å². The number of phenolic OH excluding ortho intramolecular Hbond substituents is 2. The molecule has 2 N–H and O–H groups in total. The number of aromatic hydroxyl groups is 2. The molecule has 1 aromatic carbocycles. The molecule has 0 amide bonds. The van der Waals surface area contributed by atoms with E-state index in [-0.39, 0.29) is 23.3 Å². The number of benzene rings is 1. The Bertz CT molecular complexity index is 528. The summed E-state index contributed by atoms with van der Waals surface area (Å²) in [6, 6.07) is 5.17. The molecule has 1 aromatic rings. The van der Waals surface area contributed by atoms with Gasteiger partial charge >= 0.3 is 0 Å². The normalized spacial score (nSPS) is 36.4. The monoisotopic (exact) mass is 354 g/mol. The van der Waals surface area contributed by atoms with Gasteiger partial charge in [-0.1, -0.05) is 12.8 Å². The Labute approximate surface area is 148 Å². The highest BCUT2D eigenvalue weighted by molar-refractivity contribution is 7.98. The average Bonchev–Trinajstić information content (AvgIpc) is 2.55. The molecular weight excluding hydrogens is 328 g/mol. The molecule has 0 radical (unpaired) electrons. The van der Waals surface area contributed by atoms with Crippen LogP contribution in [0.25, 0.3) is 0 Å². The van der Waals surface area contributed by atoms with Gasteiger partial charge in [0.1, 0.15) is 16.2 Å². The van der Waals surface area contributed by atoms with E-state index in [1.165, 1.54) is 57.8 Å². The molecule has 3 fully saturated rings. The number of hydrogen-bond acceptors (Lipinski definition) is 2. The minimum atomic E-state index is 0. The smallest absolute Gasteiger partial charge is 0.200 e. The van der Waals surface area contributed by atoms with Crippen molar-refractivity contribution in [3.63, 3.8) is 0 Å². The van der Waals surface area contributed by atoms with Crippen LogP contribution in [0.15, 0.2) is 23.1 Å². The van der Waals surface area contributed by atoms with E-state index in [0.717, 1.165) is 27.2 Å². The van der Waals surface area contributed by atoms with E-state index in [0.29, 0.717) is 11.5 Å². The van der Waals surface area contributed by atoms with Crippen LogP contribution in [0.1, 0.15) is 57.8 Å². The van der Waals surface area contributed by atoms with Crippen LogP contribution in [0.4, 0.5) is 0 Å². The first kappa shape index (κ1) is 17.3. The van der Waals surface area contributed by atoms with Crippen molar-refractivity contribution < 1.29 is 22.6 Å². The molecule has 4 unspecified atom stereocenters. The number of hydrogen-bond donors (Lipinski definition) is 2. The lowest BCUT2D eigenvalue weighted by molar-refractivity contribution is -0.00000662. The van der Waals surface area contributed by atoms with Crippen molar-refractivity contribution in [1.82, 2.24) is 0 Å². The number of phenols is 2. The highest BCUT2D eigenvalue weighted by Crippen LogP contribution is 2.52. The zero-order valence-electron chi connectivity index (χ0n) is 13.6. The van der Waals surface area contributed by atoms with Crippen LogP contribution in [0, 0.1) is 11.8 Å². The third-order valence-electron chi connectivity index (χ3n) is 6.13. The minimum Gasteiger partial charge on any atom is -1.00 e. The lowest BCUT2D eigenvalue weighted by atomic mass is 9.76. The molecule has 0 spiro atoms. The first-order chi connectivity index (χ1) is 10.7. The number of rotatable bonds is 1. The van der Waals surface area contributed by atoms with Gasteiger partial charge in [0.05, 0.1) is 0 Å². The fourth-order valence-electron chi connectivity index (χ4n) is 5.19. The van der Waals surface area contributed by atoms with Gasteiger partial charge in [0, 0.05) is 28.8 Å². The first-order valence-corrected chi connectivity index (χ1v) is 10.3. The van der Waals surface area contributed by atoms with E-state index in [1.807, 2.05) is 6.07 Å². The summed E-state index contributed by atoms with van der Waals surface area (Å²) >= 11 is 0. The molecule has 1 heterocycles. The van der Waals surface area contributed by atoms with Crippen molar-refractivity contribution in [2.45, 2.75) is 73.2 Å². The summed E-state index contributed by atoms with van der Waals surface area (Å²) in [5.74, 6) is 2.44. The van der Waals surface area contributed by atoms with Gasteiger partial charge in [0.2, 0.25) is 4.90 Å². The molecule has 3 aliphatic rings. The Morgan fingerprint density at radius 3 is 2.00 bits per heavy atom. The van der Waals surface area contributed by atoms with Crippen LogP contribution in [0.5, 0.6) is 11.5 Å². The highest BCUT2D eigenvalue weighted by Gasteiger charge is 2.54. The summed E-state index contributed by atoms with van der Waals surface area (Å²) in [5, 5.41) is 21.9. The second-order valence-corrected chi connectivity index (χ2v) is 9.82. The van der Waals surface area contributed by atoms with Gasteiger partial charge in [-0.05, 0) is 57.1 Å². The van der Waals surface area contributed by atoms with E-state index < -0.39 is 0 Å². The second kappa shape index (κ2) is 7.14. The van der Waals surface area contributed by atoms with Crippen molar-refractivity contribution in [3.05, 3.63) is 18.2 Å². The van der Waals surface area contributed by atoms with Gasteiger partial charge < -0.3 is 22.6 Å². The van der Waals surface area contributed by atoms with Gasteiger partial charge in [-0.2, -0.15) is 0 Å². The maximum Gasteiger partial charge on any atom is 0.200 e. The van der Waals surface area contributed by atoms with Crippen LogP contribution in [-0.4, -0.2) is 20.7 Å². The molecule has 4 heteroatoms. The van der Waals surface area contributed by atoms with E-state index in [1.54, 1.807) is 12.1 Å². The Kier molecular flexibility index (Phi) is 5.37. The van der Waals surface area contributed by atoms with Crippen molar-refractivity contribution in [1.29, 1.82) is 0 Å². The standard InChI is InChI=1S/C19H26O2S.ClH/c20-15-9-10-16(21)19(12-15)22-17-7-3-1-5-13(17)11-14-6-2-4-8-18(14)22;/h9-10,12-14,17-18H,1-8,11H2,(H-,20,21);1H. The summed E-state index contributed by atoms with van der Waals surface area (Å²) < 4.78 is 0. The third-order valence-corrected chi connectivity index (χ3v) is 9.51. The minimum absolute atomic E-state index is 0. The van der Waals surface area contributed by atoms with Crippen LogP contribution in [0.2, 0.25) is 0 Å². The molecule has 0 aromatic heterocycles. The Morgan fingerprint density at radius 2 is 1.39 bits per heavy atom. The molecule has 2 nitrogen and oxygen atoms in total. The molecule has 1 saturated heterocycles. The van der Waals surface area contributed by atoms with E-state index in [9.17, 15) is 10.2 Å². The number of halogens is 1. The molecule has 4 rings (SSSR count). The quantitative estimate of drug-likeness (QED) is 0.594. The van der Waals surface area contributed by atoms with Crippen LogP contribution in [0.3, 0.4) is 0 Å². The predicted octanol–water partition coefficient (Wildman–Crippen LogP) is 1.60. The molecule has 2 aliphatic carbocycles. The van der Waals surface area contributed by atoms with E-state index in [4.69, 9.17) is 0 Å². The van der Waals surface area contributed by atoms with Crippen molar-refractivity contribution >= 4 is 10.9 Å². The first-order valence-electron chi connectivity index (χ1n) is 8.98. The predicted molar refractivity (Wildman–Crippen MR) is 91.5 cm³/mol. The maximum absolute atomic E-state index is 10.5. The van der Waals surface area contributed by atoms with Crippen LogP contribution >= 0.6 is 0 Å². The summed E-state index contributed by atoms with van der Waals surface area (Å²) in [6.45, 7) is 0. The van der Waals surface area contributed by atoms with E-state index in [2.05, 4.69) is 0 Å². The maximum atomic E-state index is 10.5. The highest BCUT2D eigenvalue weighted by atomic mass is 35.5. The molecular formula is C19H27ClO2S. The Balaban J connectivity index is 0.00000156. The lowest BCUT2D eigenvalue weighted by Crippen LogP contribution is -3.00. The van der Waals surface area contributed by atoms with Gasteiger partial charge in [0.15, 0.2) is 5.75 Å². The lowest BCUT2D eigenvalue weighted by Gasteiger charge is -2.44. The molecule has 128 valence electrons. The summed E-state index contributed by atoms with van der Waals surface area (Å²) in [6.07, 6.45) is 12.3. The molecule has 1 aliphatic heterocycles. The Hall–Kier alpha value is -0.540. The summed E-state index contributed by atoms with van der Waals surface area (Å²) in [4.78, 5) is 1.06. The zero-order chi connectivity index (χ0) is 15.1. The SMILES string of the molecule is Oc1ccc(O)c([S+]2C3CCCCC3CC3CCCCC32)c1.[Cl-].